The van der Waals surface area contributed by atoms with Crippen LogP contribution in [0.15, 0.2) is 60.5 Å². The standard InChI is InChI=1S/C20H17N5OS/c1-13-3-8-17(14(2)9-13)18-10-27-20(23-18)24-19(26)15-4-6-16(7-5-15)25-12-21-11-22-25/h3-12H,1-2H3,(H,23,24,26). The lowest BCUT2D eigenvalue weighted by Gasteiger charge is -2.05. The minimum Gasteiger partial charge on any atom is -0.298 e. The molecule has 0 fully saturated rings. The van der Waals surface area contributed by atoms with Gasteiger partial charge in [0.1, 0.15) is 12.7 Å². The Kier molecular flexibility index (Phi) is 4.52. The Balaban J connectivity index is 1.49. The molecule has 1 amide bonds. The molecule has 0 aliphatic rings. The lowest BCUT2D eigenvalue weighted by Crippen LogP contribution is -2.11. The van der Waals surface area contributed by atoms with Crippen LogP contribution in [0.1, 0.15) is 21.5 Å². The SMILES string of the molecule is Cc1ccc(-c2csc(NC(=O)c3ccc(-n4cncn4)cc3)n2)c(C)c1. The Labute approximate surface area is 160 Å². The number of rotatable bonds is 4. The maximum Gasteiger partial charge on any atom is 0.257 e. The molecule has 0 aliphatic heterocycles. The zero-order valence-electron chi connectivity index (χ0n) is 14.9. The van der Waals surface area contributed by atoms with Gasteiger partial charge in [0, 0.05) is 16.5 Å². The summed E-state index contributed by atoms with van der Waals surface area (Å²) in [4.78, 5) is 21.0. The summed E-state index contributed by atoms with van der Waals surface area (Å²) in [7, 11) is 0. The average molecular weight is 375 g/mol. The van der Waals surface area contributed by atoms with Crippen molar-refractivity contribution in [3.05, 3.63) is 77.2 Å². The molecule has 27 heavy (non-hydrogen) atoms. The van der Waals surface area contributed by atoms with Gasteiger partial charge in [0.2, 0.25) is 0 Å². The molecule has 0 saturated heterocycles. The molecule has 134 valence electrons. The van der Waals surface area contributed by atoms with E-state index in [2.05, 4.69) is 52.4 Å². The monoisotopic (exact) mass is 375 g/mol. The second kappa shape index (κ2) is 7.13. The van der Waals surface area contributed by atoms with E-state index < -0.39 is 0 Å². The second-order valence-electron chi connectivity index (χ2n) is 6.20. The number of carbonyl (C=O) groups is 1. The number of hydrogen-bond acceptors (Lipinski definition) is 5. The highest BCUT2D eigenvalue weighted by atomic mass is 32.1. The average Bonchev–Trinajstić information content (AvgIpc) is 3.34. The summed E-state index contributed by atoms with van der Waals surface area (Å²) in [5.41, 5.74) is 5.73. The molecule has 1 N–H and O–H groups in total. The van der Waals surface area contributed by atoms with E-state index in [-0.39, 0.29) is 5.91 Å². The minimum atomic E-state index is -0.193. The van der Waals surface area contributed by atoms with E-state index in [1.54, 1.807) is 23.1 Å². The first-order chi connectivity index (χ1) is 13.1. The Bertz CT molecular complexity index is 1080. The maximum absolute atomic E-state index is 12.5. The predicted octanol–water partition coefficient (Wildman–Crippen LogP) is 4.26. The number of hydrogen-bond donors (Lipinski definition) is 1. The van der Waals surface area contributed by atoms with Gasteiger partial charge in [0.15, 0.2) is 5.13 Å². The molecule has 2 aromatic carbocycles. The lowest BCUT2D eigenvalue weighted by atomic mass is 10.0. The number of anilines is 1. The van der Waals surface area contributed by atoms with Crippen LogP contribution in [-0.4, -0.2) is 25.7 Å². The summed E-state index contributed by atoms with van der Waals surface area (Å²) in [5, 5.41) is 9.47. The Hall–Kier alpha value is -3.32. The summed E-state index contributed by atoms with van der Waals surface area (Å²) >= 11 is 1.42. The van der Waals surface area contributed by atoms with Crippen LogP contribution in [0.3, 0.4) is 0 Å². The Morgan fingerprint density at radius 3 is 2.63 bits per heavy atom. The van der Waals surface area contributed by atoms with E-state index in [9.17, 15) is 4.79 Å². The van der Waals surface area contributed by atoms with E-state index in [0.29, 0.717) is 10.7 Å². The van der Waals surface area contributed by atoms with Gasteiger partial charge in [-0.1, -0.05) is 23.8 Å². The molecule has 4 aromatic rings. The van der Waals surface area contributed by atoms with Gasteiger partial charge >= 0.3 is 0 Å². The number of aromatic nitrogens is 4. The maximum atomic E-state index is 12.5. The number of benzene rings is 2. The molecular formula is C20H17N5OS. The molecule has 0 bridgehead atoms. The van der Waals surface area contributed by atoms with Crippen molar-refractivity contribution in [3.63, 3.8) is 0 Å². The van der Waals surface area contributed by atoms with Crippen LogP contribution in [0.2, 0.25) is 0 Å². The van der Waals surface area contributed by atoms with Crippen molar-refractivity contribution in [2.45, 2.75) is 13.8 Å². The quantitative estimate of drug-likeness (QED) is 0.578. The fourth-order valence-corrected chi connectivity index (χ4v) is 3.54. The van der Waals surface area contributed by atoms with Crippen LogP contribution < -0.4 is 5.32 Å². The van der Waals surface area contributed by atoms with Gasteiger partial charge in [0.25, 0.3) is 5.91 Å². The first-order valence-electron chi connectivity index (χ1n) is 8.40. The van der Waals surface area contributed by atoms with Gasteiger partial charge in [-0.05, 0) is 43.7 Å². The van der Waals surface area contributed by atoms with E-state index in [1.807, 2.05) is 17.5 Å². The molecular weight excluding hydrogens is 358 g/mol. The summed E-state index contributed by atoms with van der Waals surface area (Å²) < 4.78 is 1.64. The number of thiazole rings is 1. The van der Waals surface area contributed by atoms with Crippen molar-refractivity contribution in [3.8, 4) is 16.9 Å². The van der Waals surface area contributed by atoms with Crippen LogP contribution in [-0.2, 0) is 0 Å². The summed E-state index contributed by atoms with van der Waals surface area (Å²) in [5.74, 6) is -0.193. The molecule has 0 saturated carbocycles. The first kappa shape index (κ1) is 17.1. The van der Waals surface area contributed by atoms with Gasteiger partial charge in [-0.25, -0.2) is 14.6 Å². The molecule has 7 heteroatoms. The van der Waals surface area contributed by atoms with Crippen LogP contribution in [0.25, 0.3) is 16.9 Å². The largest absolute Gasteiger partial charge is 0.298 e. The van der Waals surface area contributed by atoms with Crippen LogP contribution in [0.5, 0.6) is 0 Å². The number of nitrogens with zero attached hydrogens (tertiary/aromatic N) is 4. The third-order valence-corrected chi connectivity index (χ3v) is 4.95. The molecule has 2 heterocycles. The normalized spacial score (nSPS) is 10.7. The Morgan fingerprint density at radius 2 is 1.93 bits per heavy atom. The van der Waals surface area contributed by atoms with Gasteiger partial charge in [0.05, 0.1) is 11.4 Å². The van der Waals surface area contributed by atoms with Gasteiger partial charge in [-0.3, -0.25) is 10.1 Å². The second-order valence-corrected chi connectivity index (χ2v) is 7.06. The third kappa shape index (κ3) is 3.63. The van der Waals surface area contributed by atoms with Crippen molar-refractivity contribution >= 4 is 22.4 Å². The lowest BCUT2D eigenvalue weighted by molar-refractivity contribution is 0.102. The molecule has 0 radical (unpaired) electrons. The molecule has 0 unspecified atom stereocenters. The van der Waals surface area contributed by atoms with Crippen LogP contribution in [0.4, 0.5) is 5.13 Å². The smallest absolute Gasteiger partial charge is 0.257 e. The summed E-state index contributed by atoms with van der Waals surface area (Å²) in [6, 6.07) is 13.4. The molecule has 0 atom stereocenters. The number of aryl methyl sites for hydroxylation is 2. The number of nitrogens with one attached hydrogen (secondary N) is 1. The Morgan fingerprint density at radius 1 is 1.11 bits per heavy atom. The third-order valence-electron chi connectivity index (χ3n) is 4.20. The highest BCUT2D eigenvalue weighted by Crippen LogP contribution is 2.28. The molecule has 0 spiro atoms. The highest BCUT2D eigenvalue weighted by molar-refractivity contribution is 7.14. The van der Waals surface area contributed by atoms with Crippen LogP contribution >= 0.6 is 11.3 Å². The van der Waals surface area contributed by atoms with Gasteiger partial charge in [-0.15, -0.1) is 11.3 Å². The molecule has 6 nitrogen and oxygen atoms in total. The van der Waals surface area contributed by atoms with Crippen molar-refractivity contribution < 1.29 is 4.79 Å². The predicted molar refractivity (Wildman–Crippen MR) is 106 cm³/mol. The minimum absolute atomic E-state index is 0.193. The molecule has 2 aromatic heterocycles. The number of carbonyl (C=O) groups excluding carboxylic acids is 1. The zero-order valence-corrected chi connectivity index (χ0v) is 15.7. The topological polar surface area (TPSA) is 72.7 Å². The van der Waals surface area contributed by atoms with Crippen LogP contribution in [0, 0.1) is 13.8 Å². The number of amides is 1. The fourth-order valence-electron chi connectivity index (χ4n) is 2.83. The van der Waals surface area contributed by atoms with Crippen molar-refractivity contribution in [1.82, 2.24) is 19.7 Å². The van der Waals surface area contributed by atoms with E-state index >= 15 is 0 Å². The highest BCUT2D eigenvalue weighted by Gasteiger charge is 2.11. The van der Waals surface area contributed by atoms with E-state index in [1.165, 1.54) is 28.8 Å². The van der Waals surface area contributed by atoms with Crippen molar-refractivity contribution in [2.75, 3.05) is 5.32 Å². The van der Waals surface area contributed by atoms with Gasteiger partial charge in [-0.2, -0.15) is 5.10 Å². The first-order valence-corrected chi connectivity index (χ1v) is 9.28. The molecule has 4 rings (SSSR count). The summed E-state index contributed by atoms with van der Waals surface area (Å²) in [6.45, 7) is 4.13. The summed E-state index contributed by atoms with van der Waals surface area (Å²) in [6.07, 6.45) is 3.08. The molecule has 0 aliphatic carbocycles. The zero-order chi connectivity index (χ0) is 18.8. The van der Waals surface area contributed by atoms with Crippen molar-refractivity contribution in [2.24, 2.45) is 0 Å². The van der Waals surface area contributed by atoms with Crippen molar-refractivity contribution in [1.29, 1.82) is 0 Å². The van der Waals surface area contributed by atoms with E-state index in [0.717, 1.165) is 16.9 Å². The fraction of sp³-hybridized carbons (Fsp3) is 0.100. The van der Waals surface area contributed by atoms with E-state index in [4.69, 9.17) is 0 Å². The van der Waals surface area contributed by atoms with Gasteiger partial charge < -0.3 is 0 Å².